The summed E-state index contributed by atoms with van der Waals surface area (Å²) < 4.78 is 1.85. The lowest BCUT2D eigenvalue weighted by molar-refractivity contribution is -0.134. The first-order valence-corrected chi connectivity index (χ1v) is 8.69. The Hall–Kier alpha value is -2.81. The van der Waals surface area contributed by atoms with Crippen molar-refractivity contribution in [2.45, 2.75) is 44.7 Å². The largest absolute Gasteiger partial charge is 0.325 e. The number of aromatic nitrogens is 1. The van der Waals surface area contributed by atoms with E-state index in [2.05, 4.69) is 11.4 Å². The molecule has 6 heteroatoms. The van der Waals surface area contributed by atoms with Gasteiger partial charge in [0.05, 0.1) is 17.6 Å². The van der Waals surface area contributed by atoms with E-state index in [0.717, 1.165) is 24.8 Å². The first-order valence-electron chi connectivity index (χ1n) is 8.69. The lowest BCUT2D eigenvalue weighted by Crippen LogP contribution is -2.53. The molecule has 1 aliphatic carbocycles. The van der Waals surface area contributed by atoms with Gasteiger partial charge in [0, 0.05) is 18.0 Å². The van der Waals surface area contributed by atoms with Crippen LogP contribution in [-0.4, -0.2) is 26.8 Å². The van der Waals surface area contributed by atoms with Gasteiger partial charge in [0.2, 0.25) is 0 Å². The second-order valence-corrected chi connectivity index (χ2v) is 7.07. The lowest BCUT2D eigenvalue weighted by Gasteiger charge is -2.36. The second kappa shape index (κ2) is 5.62. The number of amides is 3. The zero-order chi connectivity index (χ0) is 17.6. The average molecular weight is 336 g/mol. The van der Waals surface area contributed by atoms with Gasteiger partial charge in [-0.15, -0.1) is 0 Å². The molecule has 2 aliphatic rings. The predicted octanol–water partition coefficient (Wildman–Crippen LogP) is 2.81. The van der Waals surface area contributed by atoms with Crippen LogP contribution < -0.4 is 5.32 Å². The average Bonchev–Trinajstić information content (AvgIpc) is 3.08. The van der Waals surface area contributed by atoms with Gasteiger partial charge in [-0.25, -0.2) is 4.79 Å². The van der Waals surface area contributed by atoms with Gasteiger partial charge in [-0.3, -0.25) is 9.69 Å². The van der Waals surface area contributed by atoms with Crippen LogP contribution in [0, 0.1) is 17.2 Å². The van der Waals surface area contributed by atoms with E-state index in [4.69, 9.17) is 0 Å². The van der Waals surface area contributed by atoms with Crippen LogP contribution in [0.15, 0.2) is 30.6 Å². The zero-order valence-corrected chi connectivity index (χ0v) is 14.2. The van der Waals surface area contributed by atoms with Crippen molar-refractivity contribution in [1.82, 2.24) is 14.6 Å². The van der Waals surface area contributed by atoms with Crippen LogP contribution in [0.2, 0.25) is 0 Å². The summed E-state index contributed by atoms with van der Waals surface area (Å²) in [4.78, 5) is 26.9. The number of imide groups is 1. The van der Waals surface area contributed by atoms with Gasteiger partial charge in [-0.1, -0.05) is 25.8 Å². The summed E-state index contributed by atoms with van der Waals surface area (Å²) in [5.41, 5.74) is 1.23. The van der Waals surface area contributed by atoms with Crippen LogP contribution in [0.25, 0.3) is 5.52 Å². The number of nitrogens with zero attached hydrogens (tertiary/aromatic N) is 3. The Morgan fingerprint density at radius 3 is 2.96 bits per heavy atom. The van der Waals surface area contributed by atoms with Crippen molar-refractivity contribution >= 4 is 17.5 Å². The smallest absolute Gasteiger partial charge is 0.323 e. The minimum absolute atomic E-state index is 0.129. The third kappa shape index (κ3) is 2.23. The fraction of sp³-hybridized carbons (Fsp3) is 0.421. The number of rotatable bonds is 2. The molecule has 2 atom stereocenters. The van der Waals surface area contributed by atoms with E-state index in [1.165, 1.54) is 4.90 Å². The molecule has 128 valence electrons. The summed E-state index contributed by atoms with van der Waals surface area (Å²) in [5, 5.41) is 12.5. The van der Waals surface area contributed by atoms with Crippen LogP contribution in [-0.2, 0) is 11.3 Å². The monoisotopic (exact) mass is 336 g/mol. The van der Waals surface area contributed by atoms with Crippen molar-refractivity contribution in [2.24, 2.45) is 5.92 Å². The van der Waals surface area contributed by atoms with Crippen molar-refractivity contribution in [3.05, 3.63) is 41.7 Å². The summed E-state index contributed by atoms with van der Waals surface area (Å²) in [6.45, 7) is 2.16. The second-order valence-electron chi connectivity index (χ2n) is 7.07. The van der Waals surface area contributed by atoms with Crippen LogP contribution in [0.1, 0.15) is 43.7 Å². The molecule has 0 aromatic carbocycles. The van der Waals surface area contributed by atoms with Crippen LogP contribution in [0.5, 0.6) is 0 Å². The highest BCUT2D eigenvalue weighted by Crippen LogP contribution is 2.38. The van der Waals surface area contributed by atoms with Crippen LogP contribution >= 0.6 is 0 Å². The predicted molar refractivity (Wildman–Crippen MR) is 91.6 cm³/mol. The summed E-state index contributed by atoms with van der Waals surface area (Å²) >= 11 is 0. The Balaban J connectivity index is 1.69. The van der Waals surface area contributed by atoms with Crippen molar-refractivity contribution < 1.29 is 9.59 Å². The first kappa shape index (κ1) is 15.7. The Labute approximate surface area is 146 Å². The highest BCUT2D eigenvalue weighted by Gasteiger charge is 2.54. The molecular weight excluding hydrogens is 316 g/mol. The maximum atomic E-state index is 13.1. The topological polar surface area (TPSA) is 77.6 Å². The van der Waals surface area contributed by atoms with E-state index in [9.17, 15) is 14.9 Å². The molecular formula is C19H20N4O2. The molecule has 0 bridgehead atoms. The Bertz CT molecular complexity index is 910. The zero-order valence-electron chi connectivity index (χ0n) is 14.2. The highest BCUT2D eigenvalue weighted by atomic mass is 16.2. The summed E-state index contributed by atoms with van der Waals surface area (Å²) in [6.07, 6.45) is 7.36. The van der Waals surface area contributed by atoms with Gasteiger partial charge in [0.15, 0.2) is 0 Å². The van der Waals surface area contributed by atoms with Crippen LogP contribution in [0.3, 0.4) is 0 Å². The van der Waals surface area contributed by atoms with E-state index in [-0.39, 0.29) is 24.4 Å². The summed E-state index contributed by atoms with van der Waals surface area (Å²) in [7, 11) is 0. The molecule has 0 radical (unpaired) electrons. The Morgan fingerprint density at radius 2 is 2.20 bits per heavy atom. The fourth-order valence-electron chi connectivity index (χ4n) is 4.24. The van der Waals surface area contributed by atoms with Gasteiger partial charge in [0.1, 0.15) is 11.6 Å². The molecule has 1 saturated carbocycles. The maximum Gasteiger partial charge on any atom is 0.325 e. The number of urea groups is 1. The molecule has 2 aromatic heterocycles. The summed E-state index contributed by atoms with van der Waals surface area (Å²) in [5.74, 6) is -0.0184. The number of hydrogen-bond acceptors (Lipinski definition) is 3. The van der Waals surface area contributed by atoms with E-state index in [0.29, 0.717) is 17.5 Å². The first-order chi connectivity index (χ1) is 12.1. The molecule has 1 spiro atoms. The number of carbonyl (C=O) groups excluding carboxylic acids is 2. The fourth-order valence-corrected chi connectivity index (χ4v) is 4.24. The highest BCUT2D eigenvalue weighted by molar-refractivity contribution is 6.07. The van der Waals surface area contributed by atoms with Crippen LogP contribution in [0.4, 0.5) is 4.79 Å². The van der Waals surface area contributed by atoms with Gasteiger partial charge in [-0.05, 0) is 30.9 Å². The molecule has 2 aromatic rings. The lowest BCUT2D eigenvalue weighted by atomic mass is 9.73. The quantitative estimate of drug-likeness (QED) is 0.857. The summed E-state index contributed by atoms with van der Waals surface area (Å²) in [6, 6.07) is 7.47. The molecule has 3 amide bonds. The van der Waals surface area contributed by atoms with Gasteiger partial charge in [0.25, 0.3) is 5.91 Å². The minimum atomic E-state index is -0.763. The standard InChI is InChI=1S/C19H20N4O2/c1-13-6-2-4-8-19(13)17(24)23(18(25)21-19)12-14-11-22-9-5-3-7-16(22)15(14)10-20/h3,5,7,9,11,13H,2,4,6,8,12H2,1H3,(H,21,25)/t13-,19-/m0/s1. The SMILES string of the molecule is C[C@H]1CCCC[C@]12NC(=O)N(Cc1cn3ccccc3c1C#N)C2=O. The van der Waals surface area contributed by atoms with E-state index in [1.807, 2.05) is 41.9 Å². The van der Waals surface area contributed by atoms with Crippen molar-refractivity contribution in [2.75, 3.05) is 0 Å². The molecule has 1 N–H and O–H groups in total. The Morgan fingerprint density at radius 1 is 1.36 bits per heavy atom. The molecule has 4 rings (SSSR count). The molecule has 25 heavy (non-hydrogen) atoms. The molecule has 2 fully saturated rings. The normalized spacial score (nSPS) is 26.2. The van der Waals surface area contributed by atoms with Crippen molar-refractivity contribution in [1.29, 1.82) is 5.26 Å². The molecule has 1 saturated heterocycles. The maximum absolute atomic E-state index is 13.1. The Kier molecular flexibility index (Phi) is 3.53. The molecule has 0 unspecified atom stereocenters. The number of pyridine rings is 1. The van der Waals surface area contributed by atoms with Crippen molar-refractivity contribution in [3.63, 3.8) is 0 Å². The van der Waals surface area contributed by atoms with Gasteiger partial charge < -0.3 is 9.72 Å². The van der Waals surface area contributed by atoms with E-state index in [1.54, 1.807) is 0 Å². The van der Waals surface area contributed by atoms with Crippen molar-refractivity contribution in [3.8, 4) is 6.07 Å². The number of nitriles is 1. The molecule has 6 nitrogen and oxygen atoms in total. The number of carbonyl (C=O) groups is 2. The number of nitrogens with one attached hydrogen (secondary N) is 1. The molecule has 1 aliphatic heterocycles. The third-order valence-corrected chi connectivity index (χ3v) is 5.70. The van der Waals surface area contributed by atoms with E-state index >= 15 is 0 Å². The van der Waals surface area contributed by atoms with E-state index < -0.39 is 5.54 Å². The number of hydrogen-bond donors (Lipinski definition) is 1. The number of fused-ring (bicyclic) bond motifs is 1. The third-order valence-electron chi connectivity index (χ3n) is 5.70. The van der Waals surface area contributed by atoms with Gasteiger partial charge >= 0.3 is 6.03 Å². The molecule has 3 heterocycles. The van der Waals surface area contributed by atoms with Gasteiger partial charge in [-0.2, -0.15) is 5.26 Å². The minimum Gasteiger partial charge on any atom is -0.323 e.